The normalized spacial score (nSPS) is 24.9. The predicted molar refractivity (Wildman–Crippen MR) is 75.3 cm³/mol. The first-order valence-corrected chi connectivity index (χ1v) is 8.31. The zero-order valence-electron chi connectivity index (χ0n) is 10.6. The van der Waals surface area contributed by atoms with E-state index in [4.69, 9.17) is 18.0 Å². The summed E-state index contributed by atoms with van der Waals surface area (Å²) in [6.45, 7) is 3.33. The number of piperidine rings is 1. The Morgan fingerprint density at radius 3 is 2.33 bits per heavy atom. The van der Waals surface area contributed by atoms with E-state index in [2.05, 4.69) is 11.6 Å². The van der Waals surface area contributed by atoms with Crippen molar-refractivity contribution in [1.82, 2.24) is 9.03 Å². The average Bonchev–Trinajstić information content (AvgIpc) is 3.10. The van der Waals surface area contributed by atoms with Crippen molar-refractivity contribution in [2.24, 2.45) is 17.6 Å². The molecule has 0 aromatic rings. The van der Waals surface area contributed by atoms with E-state index in [-0.39, 0.29) is 11.0 Å². The molecule has 104 valence electrons. The third-order valence-electron chi connectivity index (χ3n) is 3.76. The summed E-state index contributed by atoms with van der Waals surface area (Å²) in [5, 5.41) is 0. The third kappa shape index (κ3) is 3.40. The van der Waals surface area contributed by atoms with Crippen LogP contribution in [0.5, 0.6) is 0 Å². The monoisotopic (exact) mass is 291 g/mol. The van der Waals surface area contributed by atoms with Gasteiger partial charge >= 0.3 is 0 Å². The SMILES string of the molecule is CC1CCN(S(=O)(=O)NC(C(N)=S)C2CC2)CC1. The number of nitrogens with two attached hydrogens (primary N) is 1. The van der Waals surface area contributed by atoms with Crippen molar-refractivity contribution in [3.05, 3.63) is 0 Å². The number of thiocarbonyl (C=S) groups is 1. The van der Waals surface area contributed by atoms with Crippen LogP contribution in [0.25, 0.3) is 0 Å². The Labute approximate surface area is 114 Å². The van der Waals surface area contributed by atoms with Crippen molar-refractivity contribution < 1.29 is 8.42 Å². The predicted octanol–water partition coefficient (Wildman–Crippen LogP) is 0.617. The highest BCUT2D eigenvalue weighted by Crippen LogP contribution is 2.33. The van der Waals surface area contributed by atoms with Gasteiger partial charge in [0.1, 0.15) is 0 Å². The molecule has 2 rings (SSSR count). The highest BCUT2D eigenvalue weighted by molar-refractivity contribution is 7.87. The molecular weight excluding hydrogens is 270 g/mol. The largest absolute Gasteiger partial charge is 0.392 e. The molecule has 0 bridgehead atoms. The third-order valence-corrected chi connectivity index (χ3v) is 5.61. The van der Waals surface area contributed by atoms with Crippen molar-refractivity contribution in [2.45, 2.75) is 38.6 Å². The van der Waals surface area contributed by atoms with Crippen LogP contribution in [-0.2, 0) is 10.2 Å². The molecule has 0 aromatic carbocycles. The molecule has 2 fully saturated rings. The molecule has 7 heteroatoms. The summed E-state index contributed by atoms with van der Waals surface area (Å²) in [6.07, 6.45) is 3.84. The lowest BCUT2D eigenvalue weighted by molar-refractivity contribution is 0.284. The summed E-state index contributed by atoms with van der Waals surface area (Å²) in [7, 11) is -3.44. The van der Waals surface area contributed by atoms with Crippen molar-refractivity contribution >= 4 is 27.4 Å². The van der Waals surface area contributed by atoms with Crippen molar-refractivity contribution in [3.63, 3.8) is 0 Å². The summed E-state index contributed by atoms with van der Waals surface area (Å²) in [4.78, 5) is 0.256. The quantitative estimate of drug-likeness (QED) is 0.728. The zero-order valence-corrected chi connectivity index (χ0v) is 12.3. The van der Waals surface area contributed by atoms with Gasteiger partial charge in [-0.05, 0) is 37.5 Å². The number of nitrogens with zero attached hydrogens (tertiary/aromatic N) is 1. The molecule has 0 spiro atoms. The molecule has 18 heavy (non-hydrogen) atoms. The van der Waals surface area contributed by atoms with Crippen LogP contribution in [0.2, 0.25) is 0 Å². The summed E-state index contributed by atoms with van der Waals surface area (Å²) in [6, 6.07) is -0.371. The van der Waals surface area contributed by atoms with Crippen LogP contribution in [0.1, 0.15) is 32.6 Å². The van der Waals surface area contributed by atoms with Gasteiger partial charge in [-0.1, -0.05) is 19.1 Å². The topological polar surface area (TPSA) is 75.4 Å². The maximum absolute atomic E-state index is 12.2. The molecule has 2 aliphatic rings. The molecule has 1 saturated heterocycles. The minimum absolute atomic E-state index is 0.256. The van der Waals surface area contributed by atoms with Gasteiger partial charge in [-0.15, -0.1) is 0 Å². The number of hydrogen-bond acceptors (Lipinski definition) is 3. The van der Waals surface area contributed by atoms with E-state index in [1.165, 1.54) is 4.31 Å². The first-order valence-electron chi connectivity index (χ1n) is 6.47. The number of nitrogens with one attached hydrogen (secondary N) is 1. The van der Waals surface area contributed by atoms with Gasteiger partial charge in [0.05, 0.1) is 11.0 Å². The van der Waals surface area contributed by atoms with Gasteiger partial charge in [0.15, 0.2) is 0 Å². The van der Waals surface area contributed by atoms with E-state index in [1.807, 2.05) is 0 Å². The minimum Gasteiger partial charge on any atom is -0.392 e. The standard InChI is InChI=1S/C11H21N3O2S2/c1-8-4-6-14(7-5-8)18(15,16)13-10(11(12)17)9-2-3-9/h8-10,13H,2-7H2,1H3,(H2,12,17). The van der Waals surface area contributed by atoms with Crippen LogP contribution >= 0.6 is 12.2 Å². The average molecular weight is 291 g/mol. The van der Waals surface area contributed by atoms with Gasteiger partial charge in [-0.25, -0.2) is 0 Å². The van der Waals surface area contributed by atoms with E-state index in [1.54, 1.807) is 0 Å². The molecule has 1 heterocycles. The van der Waals surface area contributed by atoms with Gasteiger partial charge in [0.2, 0.25) is 0 Å². The second-order valence-corrected chi connectivity index (χ2v) is 7.60. The zero-order chi connectivity index (χ0) is 13.3. The maximum Gasteiger partial charge on any atom is 0.280 e. The van der Waals surface area contributed by atoms with Crippen LogP contribution < -0.4 is 10.5 Å². The first kappa shape index (κ1) is 14.2. The van der Waals surface area contributed by atoms with Crippen LogP contribution in [0.3, 0.4) is 0 Å². The van der Waals surface area contributed by atoms with Crippen LogP contribution in [0.15, 0.2) is 0 Å². The summed E-state index contributed by atoms with van der Waals surface area (Å²) in [5.74, 6) is 0.896. The highest BCUT2D eigenvalue weighted by atomic mass is 32.2. The summed E-state index contributed by atoms with van der Waals surface area (Å²) < 4.78 is 28.7. The molecule has 0 aromatic heterocycles. The van der Waals surface area contributed by atoms with Crippen LogP contribution in [0.4, 0.5) is 0 Å². The van der Waals surface area contributed by atoms with Crippen LogP contribution in [0, 0.1) is 11.8 Å². The van der Waals surface area contributed by atoms with Gasteiger partial charge in [0.25, 0.3) is 10.2 Å². The van der Waals surface area contributed by atoms with Gasteiger partial charge in [-0.2, -0.15) is 17.4 Å². The Morgan fingerprint density at radius 1 is 1.33 bits per heavy atom. The summed E-state index contributed by atoms with van der Waals surface area (Å²) in [5.41, 5.74) is 5.62. The van der Waals surface area contributed by atoms with Gasteiger partial charge in [0, 0.05) is 13.1 Å². The van der Waals surface area contributed by atoms with Crippen molar-refractivity contribution in [1.29, 1.82) is 0 Å². The number of hydrogen-bond donors (Lipinski definition) is 2. The van der Waals surface area contributed by atoms with E-state index >= 15 is 0 Å². The first-order chi connectivity index (χ1) is 8.40. The second-order valence-electron chi connectivity index (χ2n) is 5.42. The Hall–Kier alpha value is -0.240. The Bertz CT molecular complexity index is 412. The lowest BCUT2D eigenvalue weighted by atomic mass is 10.0. The minimum atomic E-state index is -3.44. The molecule has 1 unspecified atom stereocenters. The lowest BCUT2D eigenvalue weighted by Crippen LogP contribution is -2.52. The molecular formula is C11H21N3O2S2. The highest BCUT2D eigenvalue weighted by Gasteiger charge is 2.37. The Morgan fingerprint density at radius 2 is 1.89 bits per heavy atom. The molecule has 0 amide bonds. The lowest BCUT2D eigenvalue weighted by Gasteiger charge is -2.31. The molecule has 1 aliphatic carbocycles. The van der Waals surface area contributed by atoms with E-state index < -0.39 is 10.2 Å². The molecule has 3 N–H and O–H groups in total. The maximum atomic E-state index is 12.2. The smallest absolute Gasteiger partial charge is 0.280 e. The van der Waals surface area contributed by atoms with E-state index in [9.17, 15) is 8.42 Å². The van der Waals surface area contributed by atoms with E-state index in [0.29, 0.717) is 24.9 Å². The van der Waals surface area contributed by atoms with Gasteiger partial charge < -0.3 is 5.73 Å². The second kappa shape index (κ2) is 5.40. The van der Waals surface area contributed by atoms with Crippen molar-refractivity contribution in [3.8, 4) is 0 Å². The Kier molecular flexibility index (Phi) is 4.25. The fourth-order valence-corrected chi connectivity index (χ4v) is 4.08. The fourth-order valence-electron chi connectivity index (χ4n) is 2.28. The molecule has 0 radical (unpaired) electrons. The van der Waals surface area contributed by atoms with Gasteiger partial charge in [-0.3, -0.25) is 0 Å². The number of rotatable bonds is 5. The molecule has 1 saturated carbocycles. The van der Waals surface area contributed by atoms with E-state index in [0.717, 1.165) is 25.7 Å². The fraction of sp³-hybridized carbons (Fsp3) is 0.909. The summed E-state index contributed by atoms with van der Waals surface area (Å²) >= 11 is 4.95. The molecule has 5 nitrogen and oxygen atoms in total. The molecule has 1 aliphatic heterocycles. The molecule has 1 atom stereocenters. The Balaban J connectivity index is 1.99. The van der Waals surface area contributed by atoms with Crippen LogP contribution in [-0.4, -0.2) is 36.8 Å². The van der Waals surface area contributed by atoms with Crippen molar-refractivity contribution in [2.75, 3.05) is 13.1 Å².